The third-order valence-corrected chi connectivity index (χ3v) is 3.07. The Balaban J connectivity index is 0.00000180. The highest BCUT2D eigenvalue weighted by Gasteiger charge is 2.18. The van der Waals surface area contributed by atoms with Crippen molar-refractivity contribution in [1.82, 2.24) is 5.32 Å². The van der Waals surface area contributed by atoms with Gasteiger partial charge in [-0.1, -0.05) is 0 Å². The van der Waals surface area contributed by atoms with Crippen LogP contribution in [0.4, 0.5) is 10.1 Å². The van der Waals surface area contributed by atoms with Crippen molar-refractivity contribution in [3.05, 3.63) is 24.0 Å². The summed E-state index contributed by atoms with van der Waals surface area (Å²) in [5, 5.41) is 5.91. The monoisotopic (exact) mass is 288 g/mol. The minimum atomic E-state index is -0.474. The average Bonchev–Trinajstić information content (AvgIpc) is 2.82. The summed E-state index contributed by atoms with van der Waals surface area (Å²) in [6.45, 7) is 1.85. The van der Waals surface area contributed by atoms with Crippen molar-refractivity contribution in [3.8, 4) is 5.75 Å². The molecule has 1 saturated heterocycles. The number of nitrogens with one attached hydrogen (secondary N) is 2. The maximum Gasteiger partial charge on any atom is 0.224 e. The second kappa shape index (κ2) is 7.31. The third-order valence-electron chi connectivity index (χ3n) is 3.07. The molecule has 0 bridgehead atoms. The Kier molecular flexibility index (Phi) is 6.05. The van der Waals surface area contributed by atoms with E-state index in [9.17, 15) is 9.18 Å². The van der Waals surface area contributed by atoms with Gasteiger partial charge in [-0.05, 0) is 37.6 Å². The SMILES string of the molecule is COc1ccc(NC(=O)CC2CCNC2)cc1F.Cl. The Hall–Kier alpha value is -1.33. The molecule has 1 aromatic carbocycles. The maximum atomic E-state index is 13.4. The van der Waals surface area contributed by atoms with E-state index in [4.69, 9.17) is 4.74 Å². The van der Waals surface area contributed by atoms with E-state index in [-0.39, 0.29) is 24.1 Å². The number of hydrogen-bond donors (Lipinski definition) is 2. The number of methoxy groups -OCH3 is 1. The molecule has 19 heavy (non-hydrogen) atoms. The minimum Gasteiger partial charge on any atom is -0.494 e. The predicted molar refractivity (Wildman–Crippen MR) is 74.4 cm³/mol. The van der Waals surface area contributed by atoms with Crippen molar-refractivity contribution < 1.29 is 13.9 Å². The quantitative estimate of drug-likeness (QED) is 0.893. The Bertz CT molecular complexity index is 437. The summed E-state index contributed by atoms with van der Waals surface area (Å²) in [4.78, 5) is 11.7. The largest absolute Gasteiger partial charge is 0.494 e. The van der Waals surface area contributed by atoms with Gasteiger partial charge in [0.15, 0.2) is 11.6 Å². The Morgan fingerprint density at radius 3 is 2.95 bits per heavy atom. The molecule has 0 aliphatic carbocycles. The smallest absolute Gasteiger partial charge is 0.224 e. The van der Waals surface area contributed by atoms with Gasteiger partial charge in [0.1, 0.15) is 0 Å². The zero-order chi connectivity index (χ0) is 13.0. The third kappa shape index (κ3) is 4.36. The van der Waals surface area contributed by atoms with Crippen molar-refractivity contribution >= 4 is 24.0 Å². The van der Waals surface area contributed by atoms with Gasteiger partial charge in [-0.25, -0.2) is 4.39 Å². The van der Waals surface area contributed by atoms with Crippen LogP contribution in [0.15, 0.2) is 18.2 Å². The molecule has 2 rings (SSSR count). The van der Waals surface area contributed by atoms with Crippen LogP contribution < -0.4 is 15.4 Å². The highest BCUT2D eigenvalue weighted by Crippen LogP contribution is 2.21. The number of rotatable bonds is 4. The normalized spacial score (nSPS) is 17.7. The number of carbonyl (C=O) groups is 1. The van der Waals surface area contributed by atoms with E-state index >= 15 is 0 Å². The lowest BCUT2D eigenvalue weighted by molar-refractivity contribution is -0.116. The van der Waals surface area contributed by atoms with Crippen LogP contribution in [-0.2, 0) is 4.79 Å². The molecule has 1 amide bonds. The summed E-state index contributed by atoms with van der Waals surface area (Å²) in [7, 11) is 1.41. The van der Waals surface area contributed by atoms with E-state index in [1.165, 1.54) is 19.2 Å². The highest BCUT2D eigenvalue weighted by atomic mass is 35.5. The molecule has 1 aromatic rings. The number of amides is 1. The van der Waals surface area contributed by atoms with Crippen LogP contribution in [-0.4, -0.2) is 26.1 Å². The van der Waals surface area contributed by atoms with Crippen LogP contribution in [0.3, 0.4) is 0 Å². The topological polar surface area (TPSA) is 50.4 Å². The molecular formula is C13H18ClFN2O2. The summed E-state index contributed by atoms with van der Waals surface area (Å²) < 4.78 is 18.2. The van der Waals surface area contributed by atoms with Crippen molar-refractivity contribution in [3.63, 3.8) is 0 Å². The van der Waals surface area contributed by atoms with E-state index in [2.05, 4.69) is 10.6 Å². The molecule has 1 fully saturated rings. The first-order chi connectivity index (χ1) is 8.69. The fourth-order valence-electron chi connectivity index (χ4n) is 2.11. The van der Waals surface area contributed by atoms with E-state index in [0.29, 0.717) is 18.0 Å². The number of hydrogen-bond acceptors (Lipinski definition) is 3. The van der Waals surface area contributed by atoms with E-state index in [0.717, 1.165) is 19.5 Å². The first-order valence-corrected chi connectivity index (χ1v) is 6.03. The van der Waals surface area contributed by atoms with Crippen molar-refractivity contribution in [2.75, 3.05) is 25.5 Å². The maximum absolute atomic E-state index is 13.4. The molecule has 0 radical (unpaired) electrons. The molecule has 2 N–H and O–H groups in total. The second-order valence-electron chi connectivity index (χ2n) is 4.46. The number of carbonyl (C=O) groups excluding carboxylic acids is 1. The fourth-order valence-corrected chi connectivity index (χ4v) is 2.11. The van der Waals surface area contributed by atoms with Crippen LogP contribution in [0.1, 0.15) is 12.8 Å². The molecule has 1 atom stereocenters. The van der Waals surface area contributed by atoms with Gasteiger partial charge in [-0.15, -0.1) is 12.4 Å². The summed E-state index contributed by atoms with van der Waals surface area (Å²) in [6.07, 6.45) is 1.49. The summed E-state index contributed by atoms with van der Waals surface area (Å²) in [5.41, 5.74) is 0.462. The van der Waals surface area contributed by atoms with Crippen LogP contribution in [0.2, 0.25) is 0 Å². The van der Waals surface area contributed by atoms with Crippen LogP contribution >= 0.6 is 12.4 Å². The van der Waals surface area contributed by atoms with Crippen molar-refractivity contribution in [1.29, 1.82) is 0 Å². The summed E-state index contributed by atoms with van der Waals surface area (Å²) >= 11 is 0. The lowest BCUT2D eigenvalue weighted by Gasteiger charge is -2.10. The number of anilines is 1. The lowest BCUT2D eigenvalue weighted by Crippen LogP contribution is -2.18. The average molecular weight is 289 g/mol. The predicted octanol–water partition coefficient (Wildman–Crippen LogP) is 2.19. The van der Waals surface area contributed by atoms with Gasteiger partial charge in [-0.3, -0.25) is 4.79 Å². The number of benzene rings is 1. The van der Waals surface area contributed by atoms with Gasteiger partial charge >= 0.3 is 0 Å². The van der Waals surface area contributed by atoms with Gasteiger partial charge in [-0.2, -0.15) is 0 Å². The fraction of sp³-hybridized carbons (Fsp3) is 0.462. The van der Waals surface area contributed by atoms with Crippen LogP contribution in [0.25, 0.3) is 0 Å². The first kappa shape index (κ1) is 15.7. The van der Waals surface area contributed by atoms with E-state index < -0.39 is 5.82 Å². The number of halogens is 2. The standard InChI is InChI=1S/C13H17FN2O2.ClH/c1-18-12-3-2-10(7-11(12)14)16-13(17)6-9-4-5-15-8-9;/h2-3,7,9,15H,4-6,8H2,1H3,(H,16,17);1H. The first-order valence-electron chi connectivity index (χ1n) is 6.03. The molecule has 4 nitrogen and oxygen atoms in total. The van der Waals surface area contributed by atoms with Crippen molar-refractivity contribution in [2.45, 2.75) is 12.8 Å². The number of ether oxygens (including phenoxy) is 1. The second-order valence-corrected chi connectivity index (χ2v) is 4.46. The molecule has 1 aliphatic rings. The molecule has 6 heteroatoms. The highest BCUT2D eigenvalue weighted by molar-refractivity contribution is 5.90. The summed E-state index contributed by atoms with van der Waals surface area (Å²) in [5.74, 6) is 0.00665. The van der Waals surface area contributed by atoms with Gasteiger partial charge in [0, 0.05) is 18.2 Å². The van der Waals surface area contributed by atoms with Gasteiger partial charge in [0.05, 0.1) is 7.11 Å². The minimum absolute atomic E-state index is 0. The van der Waals surface area contributed by atoms with E-state index in [1.54, 1.807) is 6.07 Å². The van der Waals surface area contributed by atoms with E-state index in [1.807, 2.05) is 0 Å². The Morgan fingerprint density at radius 2 is 2.37 bits per heavy atom. The Labute approximate surface area is 118 Å². The molecule has 0 spiro atoms. The molecule has 0 aromatic heterocycles. The van der Waals surface area contributed by atoms with Gasteiger partial charge in [0.2, 0.25) is 5.91 Å². The molecule has 0 saturated carbocycles. The Morgan fingerprint density at radius 1 is 1.58 bits per heavy atom. The van der Waals surface area contributed by atoms with Gasteiger partial charge in [0.25, 0.3) is 0 Å². The molecular weight excluding hydrogens is 271 g/mol. The molecule has 1 heterocycles. The van der Waals surface area contributed by atoms with Crippen molar-refractivity contribution in [2.24, 2.45) is 5.92 Å². The zero-order valence-corrected chi connectivity index (χ0v) is 11.6. The molecule has 1 unspecified atom stereocenters. The van der Waals surface area contributed by atoms with Crippen LogP contribution in [0.5, 0.6) is 5.75 Å². The zero-order valence-electron chi connectivity index (χ0n) is 10.7. The summed E-state index contributed by atoms with van der Waals surface area (Å²) in [6, 6.07) is 4.40. The molecule has 1 aliphatic heterocycles. The molecule has 106 valence electrons. The van der Waals surface area contributed by atoms with Gasteiger partial charge < -0.3 is 15.4 Å². The van der Waals surface area contributed by atoms with Crippen LogP contribution in [0, 0.1) is 11.7 Å². The lowest BCUT2D eigenvalue weighted by atomic mass is 10.0.